The quantitative estimate of drug-likeness (QED) is 0.755. The number of aromatic nitrogens is 2. The fraction of sp³-hybridized carbons (Fsp3) is 0.667. The molecule has 1 aromatic rings. The SMILES string of the molecule is CCCNc1cc(NC(C)CCS(C)=O)ncn1. The van der Waals surface area contributed by atoms with Crippen molar-refractivity contribution >= 4 is 22.4 Å². The molecule has 2 N–H and O–H groups in total. The molecule has 18 heavy (non-hydrogen) atoms. The molecule has 0 aliphatic rings. The van der Waals surface area contributed by atoms with Gasteiger partial charge >= 0.3 is 0 Å². The molecule has 0 spiro atoms. The molecule has 0 fully saturated rings. The Bertz CT molecular complexity index is 386. The maximum atomic E-state index is 11.0. The number of anilines is 2. The van der Waals surface area contributed by atoms with Crippen molar-refractivity contribution in [1.82, 2.24) is 9.97 Å². The molecular formula is C12H22N4OS. The highest BCUT2D eigenvalue weighted by Gasteiger charge is 2.05. The largest absolute Gasteiger partial charge is 0.370 e. The van der Waals surface area contributed by atoms with Gasteiger partial charge < -0.3 is 10.6 Å². The van der Waals surface area contributed by atoms with Crippen LogP contribution in [0, 0.1) is 0 Å². The van der Waals surface area contributed by atoms with E-state index in [0.717, 1.165) is 31.0 Å². The molecular weight excluding hydrogens is 248 g/mol. The first-order valence-electron chi connectivity index (χ1n) is 6.24. The molecule has 0 aromatic carbocycles. The van der Waals surface area contributed by atoms with Gasteiger partial charge in [0.15, 0.2) is 0 Å². The molecule has 0 aliphatic heterocycles. The Kier molecular flexibility index (Phi) is 6.64. The van der Waals surface area contributed by atoms with Crippen LogP contribution in [0.15, 0.2) is 12.4 Å². The minimum atomic E-state index is -0.738. The van der Waals surface area contributed by atoms with Crippen LogP contribution in [0.3, 0.4) is 0 Å². The lowest BCUT2D eigenvalue weighted by Gasteiger charge is -2.14. The summed E-state index contributed by atoms with van der Waals surface area (Å²) in [6, 6.07) is 2.15. The molecule has 1 heterocycles. The topological polar surface area (TPSA) is 66.9 Å². The van der Waals surface area contributed by atoms with Crippen LogP contribution in [-0.2, 0) is 10.8 Å². The van der Waals surface area contributed by atoms with E-state index in [0.29, 0.717) is 5.75 Å². The van der Waals surface area contributed by atoms with Gasteiger partial charge in [0, 0.05) is 41.5 Å². The minimum Gasteiger partial charge on any atom is -0.370 e. The zero-order chi connectivity index (χ0) is 13.4. The smallest absolute Gasteiger partial charge is 0.131 e. The lowest BCUT2D eigenvalue weighted by molar-refractivity contribution is 0.678. The summed E-state index contributed by atoms with van der Waals surface area (Å²) in [4.78, 5) is 8.32. The van der Waals surface area contributed by atoms with Crippen molar-refractivity contribution in [3.05, 3.63) is 12.4 Å². The van der Waals surface area contributed by atoms with E-state index in [2.05, 4.69) is 34.4 Å². The molecule has 0 bridgehead atoms. The Hall–Kier alpha value is -1.17. The van der Waals surface area contributed by atoms with Crippen molar-refractivity contribution < 1.29 is 4.21 Å². The molecule has 0 saturated heterocycles. The fourth-order valence-corrected chi connectivity index (χ4v) is 2.14. The zero-order valence-electron chi connectivity index (χ0n) is 11.3. The molecule has 102 valence electrons. The van der Waals surface area contributed by atoms with E-state index in [1.54, 1.807) is 12.6 Å². The van der Waals surface area contributed by atoms with Gasteiger partial charge in [0.1, 0.15) is 18.0 Å². The average Bonchev–Trinajstić information content (AvgIpc) is 2.34. The summed E-state index contributed by atoms with van der Waals surface area (Å²) < 4.78 is 11.0. The lowest BCUT2D eigenvalue weighted by Crippen LogP contribution is -2.18. The number of hydrogen-bond donors (Lipinski definition) is 2. The third-order valence-electron chi connectivity index (χ3n) is 2.46. The molecule has 0 aliphatic carbocycles. The highest BCUT2D eigenvalue weighted by molar-refractivity contribution is 7.84. The Morgan fingerprint density at radius 3 is 2.78 bits per heavy atom. The van der Waals surface area contributed by atoms with Gasteiger partial charge in [0.25, 0.3) is 0 Å². The summed E-state index contributed by atoms with van der Waals surface area (Å²) in [7, 11) is -0.738. The Balaban J connectivity index is 2.47. The molecule has 0 amide bonds. The molecule has 2 atom stereocenters. The van der Waals surface area contributed by atoms with Gasteiger partial charge in [-0.15, -0.1) is 0 Å². The van der Waals surface area contributed by atoms with Gasteiger partial charge in [-0.1, -0.05) is 6.92 Å². The first-order valence-corrected chi connectivity index (χ1v) is 7.97. The van der Waals surface area contributed by atoms with Crippen molar-refractivity contribution in [3.8, 4) is 0 Å². The lowest BCUT2D eigenvalue weighted by atomic mass is 10.2. The molecule has 0 radical (unpaired) electrons. The Morgan fingerprint density at radius 1 is 1.39 bits per heavy atom. The minimum absolute atomic E-state index is 0.253. The van der Waals surface area contributed by atoms with Crippen LogP contribution in [0.1, 0.15) is 26.7 Å². The Morgan fingerprint density at radius 2 is 2.11 bits per heavy atom. The van der Waals surface area contributed by atoms with Gasteiger partial charge in [-0.2, -0.15) is 0 Å². The van der Waals surface area contributed by atoms with Gasteiger partial charge in [0.05, 0.1) is 0 Å². The summed E-state index contributed by atoms with van der Waals surface area (Å²) >= 11 is 0. The zero-order valence-corrected chi connectivity index (χ0v) is 12.1. The number of rotatable bonds is 8. The predicted octanol–water partition coefficient (Wildman–Crippen LogP) is 1.87. The fourth-order valence-electron chi connectivity index (χ4n) is 1.45. The summed E-state index contributed by atoms with van der Waals surface area (Å²) in [5, 5.41) is 6.51. The summed E-state index contributed by atoms with van der Waals surface area (Å²) in [6.45, 7) is 5.08. The van der Waals surface area contributed by atoms with E-state index in [1.165, 1.54) is 0 Å². The third-order valence-corrected chi connectivity index (χ3v) is 3.27. The number of hydrogen-bond acceptors (Lipinski definition) is 5. The normalized spacial score (nSPS) is 13.9. The van der Waals surface area contributed by atoms with Crippen LogP contribution in [0.25, 0.3) is 0 Å². The van der Waals surface area contributed by atoms with Gasteiger partial charge in [0.2, 0.25) is 0 Å². The molecule has 2 unspecified atom stereocenters. The first-order chi connectivity index (χ1) is 8.61. The van der Waals surface area contributed by atoms with Gasteiger partial charge in [-0.3, -0.25) is 4.21 Å². The van der Waals surface area contributed by atoms with E-state index < -0.39 is 10.8 Å². The van der Waals surface area contributed by atoms with E-state index in [-0.39, 0.29) is 6.04 Å². The number of nitrogens with one attached hydrogen (secondary N) is 2. The van der Waals surface area contributed by atoms with E-state index in [9.17, 15) is 4.21 Å². The second-order valence-electron chi connectivity index (χ2n) is 4.33. The monoisotopic (exact) mass is 270 g/mol. The highest BCUT2D eigenvalue weighted by atomic mass is 32.2. The second-order valence-corrected chi connectivity index (χ2v) is 5.88. The van der Waals surface area contributed by atoms with Gasteiger partial charge in [-0.05, 0) is 19.8 Å². The van der Waals surface area contributed by atoms with Crippen LogP contribution in [0.4, 0.5) is 11.6 Å². The number of nitrogens with zero attached hydrogens (tertiary/aromatic N) is 2. The summed E-state index contributed by atoms with van der Waals surface area (Å²) in [5.74, 6) is 2.35. The van der Waals surface area contributed by atoms with Gasteiger partial charge in [-0.25, -0.2) is 9.97 Å². The molecule has 0 saturated carbocycles. The molecule has 1 aromatic heterocycles. The van der Waals surface area contributed by atoms with E-state index >= 15 is 0 Å². The second kappa shape index (κ2) is 8.02. The van der Waals surface area contributed by atoms with Crippen molar-refractivity contribution in [1.29, 1.82) is 0 Å². The summed E-state index contributed by atoms with van der Waals surface area (Å²) in [6.07, 6.45) is 5.20. The predicted molar refractivity (Wildman–Crippen MR) is 77.4 cm³/mol. The molecule has 1 rings (SSSR count). The standard InChI is InChI=1S/C12H22N4OS/c1-4-6-13-11-8-12(15-9-14-11)16-10(2)5-7-18(3)17/h8-10H,4-7H2,1-3H3,(H2,13,14,15,16). The average molecular weight is 270 g/mol. The highest BCUT2D eigenvalue weighted by Crippen LogP contribution is 2.10. The van der Waals surface area contributed by atoms with Crippen LogP contribution in [-0.4, -0.2) is 38.8 Å². The third kappa shape index (κ3) is 5.95. The van der Waals surface area contributed by atoms with Crippen LogP contribution in [0.2, 0.25) is 0 Å². The van der Waals surface area contributed by atoms with E-state index in [4.69, 9.17) is 0 Å². The summed E-state index contributed by atoms with van der Waals surface area (Å²) in [5.41, 5.74) is 0. The van der Waals surface area contributed by atoms with E-state index in [1.807, 2.05) is 6.07 Å². The maximum Gasteiger partial charge on any atom is 0.131 e. The van der Waals surface area contributed by atoms with Crippen LogP contribution in [0.5, 0.6) is 0 Å². The Labute approximate surface area is 111 Å². The maximum absolute atomic E-state index is 11.0. The van der Waals surface area contributed by atoms with Crippen LogP contribution >= 0.6 is 0 Å². The molecule has 5 nitrogen and oxygen atoms in total. The van der Waals surface area contributed by atoms with Crippen LogP contribution < -0.4 is 10.6 Å². The van der Waals surface area contributed by atoms with Crippen molar-refractivity contribution in [2.75, 3.05) is 29.2 Å². The van der Waals surface area contributed by atoms with Crippen molar-refractivity contribution in [2.24, 2.45) is 0 Å². The first kappa shape index (κ1) is 14.9. The van der Waals surface area contributed by atoms with Crippen molar-refractivity contribution in [3.63, 3.8) is 0 Å². The molecule has 6 heteroatoms. The van der Waals surface area contributed by atoms with Crippen molar-refractivity contribution in [2.45, 2.75) is 32.7 Å².